The van der Waals surface area contributed by atoms with Gasteiger partial charge in [0.2, 0.25) is 5.91 Å². The largest absolute Gasteiger partial charge is 0.495 e. The Labute approximate surface area is 186 Å². The molecule has 7 heteroatoms. The highest BCUT2D eigenvalue weighted by Crippen LogP contribution is 2.27. The first-order valence-electron chi connectivity index (χ1n) is 10.2. The lowest BCUT2D eigenvalue weighted by Gasteiger charge is -2.09. The number of nitrogens with zero attached hydrogens (tertiary/aromatic N) is 2. The number of aromatic amines is 1. The third-order valence-corrected chi connectivity index (χ3v) is 5.16. The number of nitrogens with one attached hydrogen (secondary N) is 2. The van der Waals surface area contributed by atoms with Gasteiger partial charge in [-0.05, 0) is 24.1 Å². The Hall–Kier alpha value is -4.13. The van der Waals surface area contributed by atoms with Gasteiger partial charge in [0.15, 0.2) is 11.6 Å². The molecule has 7 nitrogen and oxygen atoms in total. The lowest BCUT2D eigenvalue weighted by Crippen LogP contribution is -2.23. The van der Waals surface area contributed by atoms with E-state index in [2.05, 4.69) is 20.3 Å². The molecule has 0 aliphatic rings. The Balaban J connectivity index is 1.38. The maximum Gasteiger partial charge on any atom is 0.244 e. The van der Waals surface area contributed by atoms with Crippen molar-refractivity contribution in [2.45, 2.75) is 6.42 Å². The molecule has 2 heterocycles. The van der Waals surface area contributed by atoms with E-state index in [4.69, 9.17) is 9.47 Å². The van der Waals surface area contributed by atoms with E-state index in [1.165, 1.54) is 0 Å². The first kappa shape index (κ1) is 21.1. The Morgan fingerprint density at radius 1 is 1.06 bits per heavy atom. The van der Waals surface area contributed by atoms with Gasteiger partial charge in [-0.3, -0.25) is 4.79 Å². The zero-order valence-electron chi connectivity index (χ0n) is 18.0. The molecule has 0 radical (unpaired) electrons. The van der Waals surface area contributed by atoms with Crippen molar-refractivity contribution >= 4 is 22.9 Å². The highest BCUT2D eigenvalue weighted by molar-refractivity contribution is 5.97. The number of hydrogen-bond donors (Lipinski definition) is 2. The normalized spacial score (nSPS) is 11.1. The Bertz CT molecular complexity index is 1250. The van der Waals surface area contributed by atoms with Crippen molar-refractivity contribution < 1.29 is 14.3 Å². The molecule has 0 spiro atoms. The van der Waals surface area contributed by atoms with E-state index in [1.54, 1.807) is 38.8 Å². The summed E-state index contributed by atoms with van der Waals surface area (Å²) in [5.41, 5.74) is 3.84. The SMILES string of the molecule is COc1cnc(-c2ccccc2CCNC(=O)/C=C/c2c[nH]c3c(OC)cccc23)nc1. The molecule has 0 aliphatic heterocycles. The van der Waals surface area contributed by atoms with Crippen molar-refractivity contribution in [2.75, 3.05) is 20.8 Å². The standard InChI is InChI=1S/C25H24N4O3/c1-31-19-15-28-25(29-16-19)21-7-4-3-6-17(21)12-13-26-23(30)11-10-18-14-27-24-20(18)8-5-9-22(24)32-2/h3-11,14-16,27H,12-13H2,1-2H3,(H,26,30)/b11-10+. The first-order valence-corrected chi connectivity index (χ1v) is 10.2. The molecule has 0 atom stereocenters. The molecule has 162 valence electrons. The molecule has 4 aromatic rings. The van der Waals surface area contributed by atoms with Crippen LogP contribution < -0.4 is 14.8 Å². The quantitative estimate of drug-likeness (QED) is 0.414. The van der Waals surface area contributed by atoms with Gasteiger partial charge in [0.1, 0.15) is 5.75 Å². The van der Waals surface area contributed by atoms with E-state index in [9.17, 15) is 4.79 Å². The van der Waals surface area contributed by atoms with Crippen molar-refractivity contribution in [1.29, 1.82) is 0 Å². The summed E-state index contributed by atoms with van der Waals surface area (Å²) in [6.07, 6.45) is 9.16. The predicted molar refractivity (Wildman–Crippen MR) is 125 cm³/mol. The van der Waals surface area contributed by atoms with Gasteiger partial charge < -0.3 is 19.8 Å². The molecule has 0 saturated heterocycles. The number of amides is 1. The number of methoxy groups -OCH3 is 2. The molecular weight excluding hydrogens is 404 g/mol. The minimum atomic E-state index is -0.152. The second-order valence-corrected chi connectivity index (χ2v) is 7.10. The summed E-state index contributed by atoms with van der Waals surface area (Å²) in [4.78, 5) is 24.3. The highest BCUT2D eigenvalue weighted by Gasteiger charge is 2.09. The summed E-state index contributed by atoms with van der Waals surface area (Å²) < 4.78 is 10.5. The predicted octanol–water partition coefficient (Wildman–Crippen LogP) is 4.01. The van der Waals surface area contributed by atoms with Crippen LogP contribution in [0.25, 0.3) is 28.4 Å². The fourth-order valence-electron chi connectivity index (χ4n) is 3.52. The van der Waals surface area contributed by atoms with Crippen molar-refractivity contribution in [1.82, 2.24) is 20.3 Å². The summed E-state index contributed by atoms with van der Waals surface area (Å²) in [5.74, 6) is 1.85. The molecule has 2 aromatic carbocycles. The topological polar surface area (TPSA) is 89.1 Å². The third kappa shape index (κ3) is 4.62. The van der Waals surface area contributed by atoms with Crippen LogP contribution >= 0.6 is 0 Å². The molecule has 0 aliphatic carbocycles. The van der Waals surface area contributed by atoms with Crippen LogP contribution in [0.5, 0.6) is 11.5 Å². The smallest absolute Gasteiger partial charge is 0.244 e. The number of H-pyrrole nitrogens is 1. The van der Waals surface area contributed by atoms with Crippen molar-refractivity contribution in [3.63, 3.8) is 0 Å². The Morgan fingerprint density at radius 3 is 2.66 bits per heavy atom. The summed E-state index contributed by atoms with van der Waals surface area (Å²) in [6, 6.07) is 13.7. The van der Waals surface area contributed by atoms with Crippen LogP contribution in [0.1, 0.15) is 11.1 Å². The number of benzene rings is 2. The van der Waals surface area contributed by atoms with E-state index in [1.807, 2.05) is 48.7 Å². The minimum absolute atomic E-state index is 0.152. The first-order chi connectivity index (χ1) is 15.7. The van der Waals surface area contributed by atoms with Gasteiger partial charge in [0.05, 0.1) is 32.1 Å². The molecule has 0 saturated carbocycles. The summed E-state index contributed by atoms with van der Waals surface area (Å²) in [5, 5.41) is 3.94. The lowest BCUT2D eigenvalue weighted by molar-refractivity contribution is -0.116. The number of rotatable bonds is 8. The van der Waals surface area contributed by atoms with Gasteiger partial charge in [-0.15, -0.1) is 0 Å². The van der Waals surface area contributed by atoms with E-state index < -0.39 is 0 Å². The minimum Gasteiger partial charge on any atom is -0.495 e. The molecule has 4 rings (SSSR count). The molecule has 2 aromatic heterocycles. The Kier molecular flexibility index (Phi) is 6.46. The maximum atomic E-state index is 12.3. The number of ether oxygens (including phenoxy) is 2. The van der Waals surface area contributed by atoms with Gasteiger partial charge in [-0.1, -0.05) is 36.4 Å². The average molecular weight is 428 g/mol. The van der Waals surface area contributed by atoms with Crippen LogP contribution in [-0.2, 0) is 11.2 Å². The van der Waals surface area contributed by atoms with E-state index in [-0.39, 0.29) is 5.91 Å². The Morgan fingerprint density at radius 2 is 1.88 bits per heavy atom. The van der Waals surface area contributed by atoms with E-state index in [0.717, 1.165) is 33.3 Å². The molecule has 0 unspecified atom stereocenters. The second kappa shape index (κ2) is 9.78. The van der Waals surface area contributed by atoms with Crippen LogP contribution in [0.4, 0.5) is 0 Å². The molecule has 32 heavy (non-hydrogen) atoms. The van der Waals surface area contributed by atoms with Gasteiger partial charge in [-0.2, -0.15) is 0 Å². The van der Waals surface area contributed by atoms with Crippen molar-refractivity contribution in [2.24, 2.45) is 0 Å². The van der Waals surface area contributed by atoms with Crippen LogP contribution in [0.15, 0.2) is 67.1 Å². The number of fused-ring (bicyclic) bond motifs is 1. The van der Waals surface area contributed by atoms with Crippen molar-refractivity contribution in [3.8, 4) is 22.9 Å². The zero-order chi connectivity index (χ0) is 22.3. The molecule has 0 fully saturated rings. The van der Waals surface area contributed by atoms with Crippen LogP contribution in [0.2, 0.25) is 0 Å². The maximum absolute atomic E-state index is 12.3. The number of carbonyl (C=O) groups is 1. The van der Waals surface area contributed by atoms with Gasteiger partial charge >= 0.3 is 0 Å². The van der Waals surface area contributed by atoms with Crippen LogP contribution in [-0.4, -0.2) is 41.6 Å². The monoisotopic (exact) mass is 428 g/mol. The summed E-state index contributed by atoms with van der Waals surface area (Å²) in [7, 11) is 3.22. The molecule has 0 bridgehead atoms. The van der Waals surface area contributed by atoms with E-state index >= 15 is 0 Å². The highest BCUT2D eigenvalue weighted by atomic mass is 16.5. The summed E-state index contributed by atoms with van der Waals surface area (Å²) in [6.45, 7) is 0.498. The van der Waals surface area contributed by atoms with E-state index in [0.29, 0.717) is 24.5 Å². The van der Waals surface area contributed by atoms with Gasteiger partial charge in [0.25, 0.3) is 0 Å². The van der Waals surface area contributed by atoms with Crippen molar-refractivity contribution in [3.05, 3.63) is 78.3 Å². The van der Waals surface area contributed by atoms with Crippen LogP contribution in [0.3, 0.4) is 0 Å². The number of carbonyl (C=O) groups excluding carboxylic acids is 1. The molecular formula is C25H24N4O3. The summed E-state index contributed by atoms with van der Waals surface area (Å²) >= 11 is 0. The number of hydrogen-bond acceptors (Lipinski definition) is 5. The van der Waals surface area contributed by atoms with Gasteiger partial charge in [-0.25, -0.2) is 9.97 Å². The number of para-hydroxylation sites is 1. The second-order valence-electron chi connectivity index (χ2n) is 7.10. The third-order valence-electron chi connectivity index (χ3n) is 5.16. The lowest BCUT2D eigenvalue weighted by atomic mass is 10.0. The average Bonchev–Trinajstić information content (AvgIpc) is 3.26. The zero-order valence-corrected chi connectivity index (χ0v) is 18.0. The molecule has 1 amide bonds. The fourth-order valence-corrected chi connectivity index (χ4v) is 3.52. The fraction of sp³-hybridized carbons (Fsp3) is 0.160. The van der Waals surface area contributed by atoms with Crippen LogP contribution in [0, 0.1) is 0 Å². The number of aromatic nitrogens is 3. The molecule has 2 N–H and O–H groups in total. The van der Waals surface area contributed by atoms with Gasteiger partial charge in [0, 0.05) is 35.3 Å².